The number of rotatable bonds is 6. The lowest BCUT2D eigenvalue weighted by molar-refractivity contribution is -0.384. The molecule has 2 rings (SSSR count). The van der Waals surface area contributed by atoms with Crippen LogP contribution in [0.15, 0.2) is 42.5 Å². The summed E-state index contributed by atoms with van der Waals surface area (Å²) in [6.07, 6.45) is 0.721. The second-order valence-corrected chi connectivity index (χ2v) is 4.72. The number of nitrogens with zero attached hydrogens (tertiary/aromatic N) is 1. The summed E-state index contributed by atoms with van der Waals surface area (Å²) < 4.78 is 10.6. The molecule has 0 aliphatic heterocycles. The zero-order valence-corrected chi connectivity index (χ0v) is 12.2. The molecule has 6 heteroatoms. The van der Waals surface area contributed by atoms with E-state index >= 15 is 0 Å². The Hall–Kier alpha value is -2.27. The van der Waals surface area contributed by atoms with Gasteiger partial charge in [0.1, 0.15) is 16.5 Å². The molecule has 0 aliphatic rings. The van der Waals surface area contributed by atoms with Crippen molar-refractivity contribution in [2.45, 2.75) is 6.42 Å². The van der Waals surface area contributed by atoms with Crippen molar-refractivity contribution in [1.29, 1.82) is 0 Å². The quantitative estimate of drug-likeness (QED) is 0.600. The highest BCUT2D eigenvalue weighted by molar-refractivity contribution is 6.32. The van der Waals surface area contributed by atoms with Crippen molar-refractivity contribution >= 4 is 17.3 Å². The van der Waals surface area contributed by atoms with E-state index in [9.17, 15) is 10.1 Å². The lowest BCUT2D eigenvalue weighted by Crippen LogP contribution is -2.01. The molecule has 2 aromatic rings. The number of nitro benzene ring substituents is 1. The maximum atomic E-state index is 10.7. The molecule has 0 aliphatic carbocycles. The lowest BCUT2D eigenvalue weighted by Gasteiger charge is -2.07. The van der Waals surface area contributed by atoms with E-state index in [0.717, 1.165) is 17.7 Å². The van der Waals surface area contributed by atoms with Gasteiger partial charge >= 0.3 is 0 Å². The van der Waals surface area contributed by atoms with Crippen LogP contribution in [0.3, 0.4) is 0 Å². The summed E-state index contributed by atoms with van der Waals surface area (Å²) in [5.74, 6) is 1.32. The largest absolute Gasteiger partial charge is 0.497 e. The fraction of sp³-hybridized carbons (Fsp3) is 0.200. The van der Waals surface area contributed by atoms with Gasteiger partial charge in [-0.05, 0) is 23.8 Å². The molecule has 2 aromatic carbocycles. The minimum absolute atomic E-state index is 0.0712. The van der Waals surface area contributed by atoms with Crippen LogP contribution >= 0.6 is 11.6 Å². The highest BCUT2D eigenvalue weighted by Gasteiger charge is 2.12. The fourth-order valence-corrected chi connectivity index (χ4v) is 2.04. The van der Waals surface area contributed by atoms with E-state index in [-0.39, 0.29) is 10.7 Å². The maximum Gasteiger partial charge on any atom is 0.288 e. The van der Waals surface area contributed by atoms with Crippen molar-refractivity contribution in [3.63, 3.8) is 0 Å². The van der Waals surface area contributed by atoms with Gasteiger partial charge in [0.25, 0.3) is 5.69 Å². The molecule has 0 heterocycles. The van der Waals surface area contributed by atoms with Crippen LogP contribution in [0.25, 0.3) is 0 Å². The molecule has 0 spiro atoms. The van der Waals surface area contributed by atoms with Gasteiger partial charge in [-0.15, -0.1) is 0 Å². The van der Waals surface area contributed by atoms with E-state index in [1.807, 2.05) is 24.3 Å². The first kappa shape index (κ1) is 15.1. The Morgan fingerprint density at radius 2 is 1.81 bits per heavy atom. The van der Waals surface area contributed by atoms with Gasteiger partial charge in [0, 0.05) is 18.6 Å². The molecule has 0 saturated carbocycles. The molecule has 110 valence electrons. The highest BCUT2D eigenvalue weighted by Crippen LogP contribution is 2.28. The Kier molecular flexibility index (Phi) is 5.00. The molecule has 5 nitrogen and oxygen atoms in total. The van der Waals surface area contributed by atoms with Gasteiger partial charge in [0.15, 0.2) is 0 Å². The van der Waals surface area contributed by atoms with E-state index in [1.165, 1.54) is 18.2 Å². The number of methoxy groups -OCH3 is 1. The van der Waals surface area contributed by atoms with E-state index in [1.54, 1.807) is 7.11 Å². The van der Waals surface area contributed by atoms with Crippen molar-refractivity contribution in [3.8, 4) is 11.5 Å². The minimum atomic E-state index is -0.524. The Bertz CT molecular complexity index is 628. The third-order valence-corrected chi connectivity index (χ3v) is 3.24. The number of benzene rings is 2. The second-order valence-electron chi connectivity index (χ2n) is 4.32. The Morgan fingerprint density at radius 1 is 1.14 bits per heavy atom. The van der Waals surface area contributed by atoms with Gasteiger partial charge < -0.3 is 9.47 Å². The molecular formula is C15H14ClNO4. The first-order chi connectivity index (χ1) is 10.1. The predicted octanol–water partition coefficient (Wildman–Crippen LogP) is 3.88. The number of nitro groups is 1. The summed E-state index contributed by atoms with van der Waals surface area (Å²) in [7, 11) is 1.62. The van der Waals surface area contributed by atoms with Crippen molar-refractivity contribution in [2.24, 2.45) is 0 Å². The minimum Gasteiger partial charge on any atom is -0.497 e. The van der Waals surface area contributed by atoms with Crippen LogP contribution in [0.4, 0.5) is 5.69 Å². The second kappa shape index (κ2) is 6.95. The Balaban J connectivity index is 1.91. The number of hydrogen-bond donors (Lipinski definition) is 0. The monoisotopic (exact) mass is 307 g/mol. The summed E-state index contributed by atoms with van der Waals surface area (Å²) in [6, 6.07) is 12.0. The van der Waals surface area contributed by atoms with E-state index < -0.39 is 4.92 Å². The predicted molar refractivity (Wildman–Crippen MR) is 80.3 cm³/mol. The third kappa shape index (κ3) is 4.10. The Morgan fingerprint density at radius 3 is 2.38 bits per heavy atom. The van der Waals surface area contributed by atoms with Crippen LogP contribution < -0.4 is 9.47 Å². The third-order valence-electron chi connectivity index (χ3n) is 2.93. The smallest absolute Gasteiger partial charge is 0.288 e. The first-order valence-corrected chi connectivity index (χ1v) is 6.67. The SMILES string of the molecule is COc1ccc(CCOc2ccc([N+](=O)[O-])c(Cl)c2)cc1. The average Bonchev–Trinajstić information content (AvgIpc) is 2.47. The molecule has 0 saturated heterocycles. The zero-order valence-electron chi connectivity index (χ0n) is 11.4. The molecule has 0 fully saturated rings. The standard InChI is InChI=1S/C15H14ClNO4/c1-20-12-4-2-11(3-5-12)8-9-21-13-6-7-15(17(18)19)14(16)10-13/h2-7,10H,8-9H2,1H3. The van der Waals surface area contributed by atoms with Crippen molar-refractivity contribution < 1.29 is 14.4 Å². The molecule has 0 amide bonds. The molecule has 0 radical (unpaired) electrons. The van der Waals surface area contributed by atoms with Crippen LogP contribution in [0, 0.1) is 10.1 Å². The summed E-state index contributed by atoms with van der Waals surface area (Å²) in [5.41, 5.74) is 0.989. The highest BCUT2D eigenvalue weighted by atomic mass is 35.5. The van der Waals surface area contributed by atoms with Gasteiger partial charge in [0.2, 0.25) is 0 Å². The maximum absolute atomic E-state index is 10.7. The summed E-state index contributed by atoms with van der Waals surface area (Å²) in [5, 5.41) is 10.7. The van der Waals surface area contributed by atoms with E-state index in [4.69, 9.17) is 21.1 Å². The molecule has 0 bridgehead atoms. The van der Waals surface area contributed by atoms with Crippen LogP contribution in [0.5, 0.6) is 11.5 Å². The van der Waals surface area contributed by atoms with Gasteiger partial charge in [-0.1, -0.05) is 23.7 Å². The fourth-order valence-electron chi connectivity index (χ4n) is 1.80. The first-order valence-electron chi connectivity index (χ1n) is 6.30. The number of halogens is 1. The van der Waals surface area contributed by atoms with Crippen molar-refractivity contribution in [3.05, 3.63) is 63.2 Å². The molecular weight excluding hydrogens is 294 g/mol. The molecule has 0 unspecified atom stereocenters. The normalized spacial score (nSPS) is 10.2. The van der Waals surface area contributed by atoms with Crippen LogP contribution in [0.2, 0.25) is 5.02 Å². The summed E-state index contributed by atoms with van der Waals surface area (Å²) in [4.78, 5) is 10.1. The van der Waals surface area contributed by atoms with Crippen LogP contribution in [0.1, 0.15) is 5.56 Å². The lowest BCUT2D eigenvalue weighted by atomic mass is 10.1. The summed E-state index contributed by atoms with van der Waals surface area (Å²) >= 11 is 5.82. The van der Waals surface area contributed by atoms with Crippen molar-refractivity contribution in [1.82, 2.24) is 0 Å². The van der Waals surface area contributed by atoms with Gasteiger partial charge in [-0.3, -0.25) is 10.1 Å². The van der Waals surface area contributed by atoms with Gasteiger partial charge in [0.05, 0.1) is 18.6 Å². The average molecular weight is 308 g/mol. The number of hydrogen-bond acceptors (Lipinski definition) is 4. The topological polar surface area (TPSA) is 61.6 Å². The van der Waals surface area contributed by atoms with Gasteiger partial charge in [-0.2, -0.15) is 0 Å². The Labute approximate surface area is 127 Å². The summed E-state index contributed by atoms with van der Waals surface area (Å²) in [6.45, 7) is 0.459. The molecule has 21 heavy (non-hydrogen) atoms. The van der Waals surface area contributed by atoms with E-state index in [2.05, 4.69) is 0 Å². The molecule has 0 aromatic heterocycles. The van der Waals surface area contributed by atoms with E-state index in [0.29, 0.717) is 12.4 Å². The van der Waals surface area contributed by atoms with Crippen LogP contribution in [-0.2, 0) is 6.42 Å². The molecule has 0 atom stereocenters. The van der Waals surface area contributed by atoms with Crippen LogP contribution in [-0.4, -0.2) is 18.6 Å². The molecule has 0 N–H and O–H groups in total. The zero-order chi connectivity index (χ0) is 15.2. The van der Waals surface area contributed by atoms with Gasteiger partial charge in [-0.25, -0.2) is 0 Å². The van der Waals surface area contributed by atoms with Crippen molar-refractivity contribution in [2.75, 3.05) is 13.7 Å². The number of ether oxygens (including phenoxy) is 2.